The van der Waals surface area contributed by atoms with Crippen LogP contribution in [0, 0.1) is 10.1 Å². The van der Waals surface area contributed by atoms with Gasteiger partial charge in [-0.25, -0.2) is 4.98 Å². The summed E-state index contributed by atoms with van der Waals surface area (Å²) in [6, 6.07) is 13.0. The van der Waals surface area contributed by atoms with Gasteiger partial charge in [-0.15, -0.1) is 11.3 Å². The number of para-hydroxylation sites is 1. The summed E-state index contributed by atoms with van der Waals surface area (Å²) in [7, 11) is 0. The van der Waals surface area contributed by atoms with Crippen LogP contribution in [0.2, 0.25) is 0 Å². The van der Waals surface area contributed by atoms with Crippen LogP contribution in [0.1, 0.15) is 10.4 Å². The normalized spacial score (nSPS) is 10.3. The Labute approximate surface area is 135 Å². The van der Waals surface area contributed by atoms with E-state index in [9.17, 15) is 14.9 Å². The fourth-order valence-corrected chi connectivity index (χ4v) is 2.75. The highest BCUT2D eigenvalue weighted by molar-refractivity contribution is 7.13. The van der Waals surface area contributed by atoms with Crippen molar-refractivity contribution in [3.8, 4) is 10.6 Å². The van der Waals surface area contributed by atoms with Gasteiger partial charge in [-0.1, -0.05) is 24.3 Å². The zero-order valence-electron chi connectivity index (χ0n) is 11.8. The molecule has 7 heteroatoms. The molecular weight excluding hydrogens is 314 g/mol. The van der Waals surface area contributed by atoms with E-state index in [-0.39, 0.29) is 11.3 Å². The van der Waals surface area contributed by atoms with Gasteiger partial charge in [0.1, 0.15) is 10.6 Å². The number of nitrogens with zero attached hydrogens (tertiary/aromatic N) is 2. The van der Waals surface area contributed by atoms with Gasteiger partial charge in [0, 0.05) is 28.9 Å². The van der Waals surface area contributed by atoms with Crippen LogP contribution in [0.4, 0.5) is 11.4 Å². The van der Waals surface area contributed by atoms with Crippen molar-refractivity contribution in [2.75, 3.05) is 5.32 Å². The summed E-state index contributed by atoms with van der Waals surface area (Å²) < 4.78 is 0. The summed E-state index contributed by atoms with van der Waals surface area (Å²) in [4.78, 5) is 27.0. The predicted octanol–water partition coefficient (Wildman–Crippen LogP) is 3.97. The topological polar surface area (TPSA) is 85.1 Å². The minimum absolute atomic E-state index is 0.0251. The number of nitrogens with one attached hydrogen (secondary N) is 1. The Morgan fingerprint density at radius 2 is 2.00 bits per heavy atom. The number of nitro benzene ring substituents is 1. The summed E-state index contributed by atoms with van der Waals surface area (Å²) in [5.41, 5.74) is 1.24. The summed E-state index contributed by atoms with van der Waals surface area (Å²) >= 11 is 1.49. The smallest absolute Gasteiger partial charge is 0.282 e. The molecule has 2 aromatic carbocycles. The van der Waals surface area contributed by atoms with Crippen LogP contribution in [0.5, 0.6) is 0 Å². The molecule has 1 N–H and O–H groups in total. The van der Waals surface area contributed by atoms with Gasteiger partial charge in [-0.05, 0) is 18.2 Å². The Morgan fingerprint density at radius 3 is 2.74 bits per heavy atom. The molecule has 0 fully saturated rings. The fourth-order valence-electron chi connectivity index (χ4n) is 2.12. The predicted molar refractivity (Wildman–Crippen MR) is 88.6 cm³/mol. The second-order valence-electron chi connectivity index (χ2n) is 4.65. The number of hydrogen-bond donors (Lipinski definition) is 1. The Balaban J connectivity index is 1.87. The number of benzene rings is 2. The monoisotopic (exact) mass is 325 g/mol. The van der Waals surface area contributed by atoms with Crippen molar-refractivity contribution < 1.29 is 9.72 Å². The molecule has 0 aliphatic carbocycles. The third kappa shape index (κ3) is 3.24. The number of carbonyl (C=O) groups is 1. The van der Waals surface area contributed by atoms with Crippen LogP contribution in [0.25, 0.3) is 10.6 Å². The van der Waals surface area contributed by atoms with E-state index in [1.807, 2.05) is 11.4 Å². The largest absolute Gasteiger partial charge is 0.322 e. The first-order chi connectivity index (χ1) is 11.1. The lowest BCUT2D eigenvalue weighted by molar-refractivity contribution is -0.385. The Hall–Kier alpha value is -3.06. The lowest BCUT2D eigenvalue weighted by Crippen LogP contribution is -2.13. The summed E-state index contributed by atoms with van der Waals surface area (Å²) in [5.74, 6) is -0.520. The van der Waals surface area contributed by atoms with Crippen molar-refractivity contribution in [3.63, 3.8) is 0 Å². The quantitative estimate of drug-likeness (QED) is 0.581. The lowest BCUT2D eigenvalue weighted by Gasteiger charge is -2.07. The maximum Gasteiger partial charge on any atom is 0.282 e. The number of hydrogen-bond acceptors (Lipinski definition) is 5. The van der Waals surface area contributed by atoms with Gasteiger partial charge >= 0.3 is 0 Å². The SMILES string of the molecule is O=C(Nc1cccc(-c2nccs2)c1)c1ccccc1[N+](=O)[O-]. The summed E-state index contributed by atoms with van der Waals surface area (Å²) in [5, 5.41) is 16.4. The maximum absolute atomic E-state index is 12.3. The molecule has 23 heavy (non-hydrogen) atoms. The molecule has 0 atom stereocenters. The van der Waals surface area contributed by atoms with Crippen LogP contribution in [0.15, 0.2) is 60.1 Å². The molecule has 0 saturated heterocycles. The molecule has 3 rings (SSSR count). The number of thiazole rings is 1. The number of rotatable bonds is 4. The molecule has 0 bridgehead atoms. The minimum Gasteiger partial charge on any atom is -0.322 e. The molecule has 0 aliphatic rings. The highest BCUT2D eigenvalue weighted by atomic mass is 32.1. The number of carbonyl (C=O) groups excluding carboxylic acids is 1. The average Bonchev–Trinajstić information content (AvgIpc) is 3.09. The van der Waals surface area contributed by atoms with Crippen molar-refractivity contribution in [1.82, 2.24) is 4.98 Å². The maximum atomic E-state index is 12.3. The van der Waals surface area contributed by atoms with Gasteiger partial charge in [0.05, 0.1) is 4.92 Å². The molecule has 0 radical (unpaired) electrons. The van der Waals surface area contributed by atoms with Crippen LogP contribution >= 0.6 is 11.3 Å². The fraction of sp³-hybridized carbons (Fsp3) is 0. The molecule has 1 aromatic heterocycles. The lowest BCUT2D eigenvalue weighted by atomic mass is 10.1. The molecule has 6 nitrogen and oxygen atoms in total. The van der Waals surface area contributed by atoms with E-state index in [0.29, 0.717) is 5.69 Å². The van der Waals surface area contributed by atoms with Gasteiger partial charge in [-0.2, -0.15) is 0 Å². The second kappa shape index (κ2) is 6.37. The number of aromatic nitrogens is 1. The van der Waals surface area contributed by atoms with E-state index in [0.717, 1.165) is 10.6 Å². The van der Waals surface area contributed by atoms with Crippen LogP contribution in [-0.2, 0) is 0 Å². The number of amides is 1. The molecule has 3 aromatic rings. The zero-order valence-corrected chi connectivity index (χ0v) is 12.6. The van der Waals surface area contributed by atoms with E-state index in [1.165, 1.54) is 29.5 Å². The van der Waals surface area contributed by atoms with Crippen LogP contribution in [0.3, 0.4) is 0 Å². The van der Waals surface area contributed by atoms with Crippen molar-refractivity contribution in [1.29, 1.82) is 0 Å². The molecule has 0 spiro atoms. The Bertz CT molecular complexity index is 863. The van der Waals surface area contributed by atoms with Gasteiger partial charge in [0.25, 0.3) is 11.6 Å². The Morgan fingerprint density at radius 1 is 1.17 bits per heavy atom. The summed E-state index contributed by atoms with van der Waals surface area (Å²) in [6.45, 7) is 0. The van der Waals surface area contributed by atoms with Crippen molar-refractivity contribution >= 4 is 28.6 Å². The van der Waals surface area contributed by atoms with E-state index >= 15 is 0 Å². The first-order valence-corrected chi connectivity index (χ1v) is 7.58. The van der Waals surface area contributed by atoms with E-state index < -0.39 is 10.8 Å². The van der Waals surface area contributed by atoms with Crippen LogP contribution in [-0.4, -0.2) is 15.8 Å². The van der Waals surface area contributed by atoms with Gasteiger partial charge < -0.3 is 5.32 Å². The van der Waals surface area contributed by atoms with Crippen LogP contribution < -0.4 is 5.32 Å². The second-order valence-corrected chi connectivity index (χ2v) is 5.54. The van der Waals surface area contributed by atoms with Crippen molar-refractivity contribution in [3.05, 3.63) is 75.8 Å². The molecule has 114 valence electrons. The highest BCUT2D eigenvalue weighted by Crippen LogP contribution is 2.25. The van der Waals surface area contributed by atoms with E-state index in [2.05, 4.69) is 10.3 Å². The van der Waals surface area contributed by atoms with Crippen molar-refractivity contribution in [2.45, 2.75) is 0 Å². The molecule has 1 heterocycles. The van der Waals surface area contributed by atoms with Gasteiger partial charge in [-0.3, -0.25) is 14.9 Å². The third-order valence-electron chi connectivity index (χ3n) is 3.15. The van der Waals surface area contributed by atoms with Gasteiger partial charge in [0.2, 0.25) is 0 Å². The standard InChI is InChI=1S/C16H11N3O3S/c20-15(13-6-1-2-7-14(13)19(21)22)18-12-5-3-4-11(10-12)16-17-8-9-23-16/h1-10H,(H,18,20). The minimum atomic E-state index is -0.569. The molecule has 1 amide bonds. The van der Waals surface area contributed by atoms with Gasteiger partial charge in [0.15, 0.2) is 0 Å². The molecule has 0 unspecified atom stereocenters. The first kappa shape index (κ1) is 14.9. The molecule has 0 saturated carbocycles. The van der Waals surface area contributed by atoms with E-state index in [1.54, 1.807) is 30.5 Å². The van der Waals surface area contributed by atoms with E-state index in [4.69, 9.17) is 0 Å². The van der Waals surface area contributed by atoms with Crippen molar-refractivity contribution in [2.24, 2.45) is 0 Å². The number of nitro groups is 1. The first-order valence-electron chi connectivity index (χ1n) is 6.70. The average molecular weight is 325 g/mol. The third-order valence-corrected chi connectivity index (χ3v) is 3.97. The molecular formula is C16H11N3O3S. The molecule has 0 aliphatic heterocycles. The Kier molecular flexibility index (Phi) is 4.11. The number of anilines is 1. The summed E-state index contributed by atoms with van der Waals surface area (Å²) in [6.07, 6.45) is 1.71. The highest BCUT2D eigenvalue weighted by Gasteiger charge is 2.19. The zero-order chi connectivity index (χ0) is 16.2.